The first-order valence-electron chi connectivity index (χ1n) is 7.65. The highest BCUT2D eigenvalue weighted by Gasteiger charge is 2.06. The van der Waals surface area contributed by atoms with Crippen LogP contribution in [0.3, 0.4) is 0 Å². The Morgan fingerprint density at radius 1 is 1.12 bits per heavy atom. The molecule has 0 unspecified atom stereocenters. The van der Waals surface area contributed by atoms with Crippen LogP contribution in [0.15, 0.2) is 54.6 Å². The summed E-state index contributed by atoms with van der Waals surface area (Å²) in [6.45, 7) is -0.332. The SMILES string of the molecule is COc1ccc(/C=C/C(=O)NNC(=O)COc2ccccc2C#N)cc1. The third-order valence-electron chi connectivity index (χ3n) is 3.23. The van der Waals surface area contributed by atoms with E-state index in [0.29, 0.717) is 11.3 Å². The third-order valence-corrected chi connectivity index (χ3v) is 3.23. The lowest BCUT2D eigenvalue weighted by molar-refractivity contribution is -0.128. The molecule has 2 aromatic carbocycles. The molecule has 7 heteroatoms. The first-order chi connectivity index (χ1) is 12.6. The Labute approximate surface area is 150 Å². The van der Waals surface area contributed by atoms with E-state index in [4.69, 9.17) is 14.7 Å². The van der Waals surface area contributed by atoms with Crippen LogP contribution in [0.5, 0.6) is 11.5 Å². The smallest absolute Gasteiger partial charge is 0.276 e. The van der Waals surface area contributed by atoms with Crippen molar-refractivity contribution in [3.05, 3.63) is 65.7 Å². The Kier molecular flexibility index (Phi) is 6.77. The normalized spacial score (nSPS) is 10.0. The average molecular weight is 351 g/mol. The van der Waals surface area contributed by atoms with Gasteiger partial charge in [-0.2, -0.15) is 5.26 Å². The minimum atomic E-state index is -0.552. The van der Waals surface area contributed by atoms with E-state index in [9.17, 15) is 9.59 Å². The van der Waals surface area contributed by atoms with Gasteiger partial charge in [-0.3, -0.25) is 20.4 Å². The van der Waals surface area contributed by atoms with E-state index < -0.39 is 11.8 Å². The molecule has 132 valence electrons. The lowest BCUT2D eigenvalue weighted by atomic mass is 10.2. The van der Waals surface area contributed by atoms with Crippen molar-refractivity contribution in [3.63, 3.8) is 0 Å². The number of methoxy groups -OCH3 is 1. The topological polar surface area (TPSA) is 100 Å². The quantitative estimate of drug-likeness (QED) is 0.611. The number of rotatable bonds is 6. The summed E-state index contributed by atoms with van der Waals surface area (Å²) in [6.07, 6.45) is 2.88. The molecule has 0 aromatic heterocycles. The zero-order valence-corrected chi connectivity index (χ0v) is 14.1. The number of nitrogens with one attached hydrogen (secondary N) is 2. The minimum absolute atomic E-state index is 0.302. The average Bonchev–Trinajstić information content (AvgIpc) is 2.69. The standard InChI is InChI=1S/C19H17N3O4/c1-25-16-9-6-14(7-10-16)8-11-18(23)21-22-19(24)13-26-17-5-3-2-4-15(17)12-20/h2-11H,13H2,1H3,(H,21,23)(H,22,24)/b11-8+. The molecule has 26 heavy (non-hydrogen) atoms. The van der Waals surface area contributed by atoms with Crippen LogP contribution in [0.25, 0.3) is 6.08 Å². The molecule has 2 N–H and O–H groups in total. The maximum Gasteiger partial charge on any atom is 0.276 e. The van der Waals surface area contributed by atoms with Crippen LogP contribution in [0.2, 0.25) is 0 Å². The van der Waals surface area contributed by atoms with Crippen molar-refractivity contribution in [2.24, 2.45) is 0 Å². The molecule has 0 spiro atoms. The van der Waals surface area contributed by atoms with Crippen LogP contribution < -0.4 is 20.3 Å². The lowest BCUT2D eigenvalue weighted by Crippen LogP contribution is -2.43. The van der Waals surface area contributed by atoms with Crippen LogP contribution >= 0.6 is 0 Å². The number of hydrazine groups is 1. The minimum Gasteiger partial charge on any atom is -0.497 e. The Morgan fingerprint density at radius 2 is 1.85 bits per heavy atom. The second-order valence-electron chi connectivity index (χ2n) is 5.04. The molecule has 0 aliphatic rings. The molecular formula is C19H17N3O4. The van der Waals surface area contributed by atoms with Crippen LogP contribution in [-0.4, -0.2) is 25.5 Å². The molecule has 0 aliphatic heterocycles. The lowest BCUT2D eigenvalue weighted by Gasteiger charge is -2.08. The summed E-state index contributed by atoms with van der Waals surface area (Å²) >= 11 is 0. The highest BCUT2D eigenvalue weighted by molar-refractivity contribution is 5.93. The van der Waals surface area contributed by atoms with E-state index in [0.717, 1.165) is 11.3 Å². The summed E-state index contributed by atoms with van der Waals surface area (Å²) in [4.78, 5) is 23.4. The molecular weight excluding hydrogens is 334 g/mol. The van der Waals surface area contributed by atoms with Gasteiger partial charge in [-0.15, -0.1) is 0 Å². The van der Waals surface area contributed by atoms with Gasteiger partial charge in [0.25, 0.3) is 11.8 Å². The largest absolute Gasteiger partial charge is 0.497 e. The number of para-hydroxylation sites is 1. The molecule has 2 aromatic rings. The van der Waals surface area contributed by atoms with E-state index in [2.05, 4.69) is 10.9 Å². The summed E-state index contributed by atoms with van der Waals surface area (Å²) in [6, 6.07) is 15.7. The van der Waals surface area contributed by atoms with Crippen molar-refractivity contribution in [1.29, 1.82) is 5.26 Å². The van der Waals surface area contributed by atoms with E-state index >= 15 is 0 Å². The predicted octanol–water partition coefficient (Wildman–Crippen LogP) is 1.81. The number of ether oxygens (including phenoxy) is 2. The molecule has 0 fully saturated rings. The van der Waals surface area contributed by atoms with Crippen LogP contribution in [0.4, 0.5) is 0 Å². The molecule has 7 nitrogen and oxygen atoms in total. The van der Waals surface area contributed by atoms with E-state index in [1.807, 2.05) is 6.07 Å². The summed E-state index contributed by atoms with van der Waals surface area (Å²) in [5.74, 6) is -0.0248. The van der Waals surface area contributed by atoms with E-state index in [1.54, 1.807) is 61.7 Å². The molecule has 0 aliphatic carbocycles. The van der Waals surface area contributed by atoms with Gasteiger partial charge in [-0.05, 0) is 35.9 Å². The van der Waals surface area contributed by atoms with E-state index in [-0.39, 0.29) is 6.61 Å². The molecule has 0 bridgehead atoms. The first kappa shape index (κ1) is 18.5. The third kappa shape index (κ3) is 5.69. The highest BCUT2D eigenvalue weighted by Crippen LogP contribution is 2.16. The molecule has 0 saturated heterocycles. The van der Waals surface area contributed by atoms with Crippen molar-refractivity contribution in [2.45, 2.75) is 0 Å². The number of hydrogen-bond acceptors (Lipinski definition) is 5. The van der Waals surface area contributed by atoms with Crippen molar-refractivity contribution in [2.75, 3.05) is 13.7 Å². The Bertz CT molecular complexity index is 839. The molecule has 2 rings (SSSR count). The second-order valence-corrected chi connectivity index (χ2v) is 5.04. The number of carbonyl (C=O) groups is 2. The van der Waals surface area contributed by atoms with E-state index in [1.165, 1.54) is 6.08 Å². The van der Waals surface area contributed by atoms with Gasteiger partial charge < -0.3 is 9.47 Å². The summed E-state index contributed by atoms with van der Waals surface area (Å²) < 4.78 is 10.3. The van der Waals surface area contributed by atoms with Gasteiger partial charge in [0.1, 0.15) is 17.6 Å². The van der Waals surface area contributed by atoms with Gasteiger partial charge in [0.15, 0.2) is 6.61 Å². The molecule has 0 heterocycles. The van der Waals surface area contributed by atoms with Gasteiger partial charge in [0.05, 0.1) is 12.7 Å². The predicted molar refractivity (Wildman–Crippen MR) is 95.0 cm³/mol. The van der Waals surface area contributed by atoms with Crippen LogP contribution in [0, 0.1) is 11.3 Å². The van der Waals surface area contributed by atoms with Crippen LogP contribution in [-0.2, 0) is 9.59 Å². The number of benzene rings is 2. The Balaban J connectivity index is 1.76. The molecule has 0 radical (unpaired) electrons. The van der Waals surface area contributed by atoms with Crippen LogP contribution in [0.1, 0.15) is 11.1 Å². The van der Waals surface area contributed by atoms with Crippen molar-refractivity contribution < 1.29 is 19.1 Å². The molecule has 0 atom stereocenters. The number of nitrogens with zero attached hydrogens (tertiary/aromatic N) is 1. The Morgan fingerprint density at radius 3 is 2.54 bits per heavy atom. The fourth-order valence-electron chi connectivity index (χ4n) is 1.92. The second kappa shape index (κ2) is 9.49. The first-order valence-corrected chi connectivity index (χ1v) is 7.65. The number of amides is 2. The number of carbonyl (C=O) groups excluding carboxylic acids is 2. The zero-order valence-electron chi connectivity index (χ0n) is 14.1. The summed E-state index contributed by atoms with van der Waals surface area (Å²) in [5.41, 5.74) is 5.61. The fraction of sp³-hybridized carbons (Fsp3) is 0.105. The zero-order chi connectivity index (χ0) is 18.8. The van der Waals surface area contributed by atoms with Gasteiger partial charge in [0, 0.05) is 6.08 Å². The maximum absolute atomic E-state index is 11.7. The van der Waals surface area contributed by atoms with Crippen molar-refractivity contribution >= 4 is 17.9 Å². The summed E-state index contributed by atoms with van der Waals surface area (Å²) in [7, 11) is 1.57. The van der Waals surface area contributed by atoms with Gasteiger partial charge in [-0.1, -0.05) is 24.3 Å². The fourth-order valence-corrected chi connectivity index (χ4v) is 1.92. The Hall–Kier alpha value is -3.79. The van der Waals surface area contributed by atoms with Crippen molar-refractivity contribution in [1.82, 2.24) is 10.9 Å². The number of nitriles is 1. The molecule has 0 saturated carbocycles. The van der Waals surface area contributed by atoms with Gasteiger partial charge in [0.2, 0.25) is 0 Å². The van der Waals surface area contributed by atoms with Gasteiger partial charge >= 0.3 is 0 Å². The van der Waals surface area contributed by atoms with Crippen molar-refractivity contribution in [3.8, 4) is 17.6 Å². The van der Waals surface area contributed by atoms with Gasteiger partial charge in [-0.25, -0.2) is 0 Å². The maximum atomic E-state index is 11.7. The highest BCUT2D eigenvalue weighted by atomic mass is 16.5. The summed E-state index contributed by atoms with van der Waals surface area (Å²) in [5, 5.41) is 8.94. The monoisotopic (exact) mass is 351 g/mol. The molecule has 2 amide bonds. The number of hydrogen-bond donors (Lipinski definition) is 2.